The van der Waals surface area contributed by atoms with Gasteiger partial charge in [-0.1, -0.05) is 67.5 Å². The van der Waals surface area contributed by atoms with E-state index in [2.05, 4.69) is 29.9 Å². The second-order valence-corrected chi connectivity index (χ2v) is 13.1. The van der Waals surface area contributed by atoms with E-state index < -0.39 is 29.6 Å². The Morgan fingerprint density at radius 2 is 1.37 bits per heavy atom. The Morgan fingerprint density at radius 1 is 0.750 bits per heavy atom. The average molecular weight is 825 g/mol. The van der Waals surface area contributed by atoms with E-state index in [1.54, 1.807) is 78.9 Å². The first kappa shape index (κ1) is 42.1. The van der Waals surface area contributed by atoms with E-state index in [0.717, 1.165) is 15.6 Å². The number of carbonyl (C=O) groups excluding carboxylic acids is 3. The molecule has 1 fully saturated rings. The highest BCUT2D eigenvalue weighted by Gasteiger charge is 2.53. The fraction of sp³-hybridized carbons (Fsp3) is 0.171. The highest BCUT2D eigenvalue weighted by molar-refractivity contribution is 6.01. The van der Waals surface area contributed by atoms with Crippen molar-refractivity contribution in [2.75, 3.05) is 15.3 Å². The first-order valence-corrected chi connectivity index (χ1v) is 18.3. The molecule has 0 radical (unpaired) electrons. The molecule has 310 valence electrons. The third-order valence-electron chi connectivity index (χ3n) is 9.26. The molecular formula is C41H39F3N10O6. The number of ether oxygens (including phenoxy) is 2. The number of alkyl halides is 2. The Hall–Kier alpha value is -7.51. The Kier molecular flexibility index (Phi) is 12.0. The van der Waals surface area contributed by atoms with Gasteiger partial charge in [0.15, 0.2) is 11.5 Å². The van der Waals surface area contributed by atoms with E-state index in [-0.39, 0.29) is 34.7 Å². The first-order valence-electron chi connectivity index (χ1n) is 18.3. The zero-order valence-corrected chi connectivity index (χ0v) is 32.4. The molecule has 5 amide bonds. The number of halogens is 3. The number of nitrogens with one attached hydrogen (secondary N) is 1. The van der Waals surface area contributed by atoms with Crippen LogP contribution >= 0.6 is 0 Å². The van der Waals surface area contributed by atoms with Crippen molar-refractivity contribution in [3.63, 3.8) is 0 Å². The number of primary amides is 2. The summed E-state index contributed by atoms with van der Waals surface area (Å²) in [6, 6.07) is 25.7. The van der Waals surface area contributed by atoms with Gasteiger partial charge in [-0.25, -0.2) is 40.7 Å². The van der Waals surface area contributed by atoms with Crippen LogP contribution in [0.25, 0.3) is 34.1 Å². The molecule has 0 spiro atoms. The average Bonchev–Trinajstić information content (AvgIpc) is 3.80. The molecule has 16 nitrogen and oxygen atoms in total. The summed E-state index contributed by atoms with van der Waals surface area (Å²) >= 11 is 0. The van der Waals surface area contributed by atoms with E-state index in [9.17, 15) is 27.6 Å². The minimum Gasteiger partial charge on any atom is -0.395 e. The van der Waals surface area contributed by atoms with Gasteiger partial charge >= 0.3 is 18.4 Å². The number of aryl methyl sites for hydroxylation is 1. The van der Waals surface area contributed by atoms with Crippen LogP contribution in [-0.2, 0) is 10.2 Å². The number of carbonyl (C=O) groups is 3. The van der Waals surface area contributed by atoms with Crippen molar-refractivity contribution in [2.45, 2.75) is 45.3 Å². The lowest BCUT2D eigenvalue weighted by molar-refractivity contribution is -0.286. The number of anilines is 3. The van der Waals surface area contributed by atoms with E-state index in [4.69, 9.17) is 27.7 Å². The lowest BCUT2D eigenvalue weighted by Gasteiger charge is -2.17. The lowest BCUT2D eigenvalue weighted by Crippen LogP contribution is -2.41. The molecule has 4 aromatic carbocycles. The van der Waals surface area contributed by atoms with Crippen LogP contribution < -0.4 is 48.0 Å². The largest absolute Gasteiger partial charge is 0.586 e. The molecule has 0 unspecified atom stereocenters. The summed E-state index contributed by atoms with van der Waals surface area (Å²) in [5.74, 6) is 10.9. The van der Waals surface area contributed by atoms with E-state index in [0.29, 0.717) is 52.4 Å². The van der Waals surface area contributed by atoms with Crippen LogP contribution in [0.3, 0.4) is 0 Å². The van der Waals surface area contributed by atoms with Crippen LogP contribution in [0, 0.1) is 12.7 Å². The number of hydrogen-bond donors (Lipinski definition) is 5. The number of rotatable bonds is 8. The summed E-state index contributed by atoms with van der Waals surface area (Å²) < 4.78 is 54.6. The molecule has 0 bridgehead atoms. The molecule has 9 N–H and O–H groups in total. The predicted molar refractivity (Wildman–Crippen MR) is 216 cm³/mol. The van der Waals surface area contributed by atoms with Crippen LogP contribution in [0.15, 0.2) is 108 Å². The standard InChI is InChI=1S/C24H21F2N5O4.C15H12FN5O2.C2H6/c1-13-5-8-19(29-20(13)14-3-2-4-16(11-14)31(28)22(27)33)30-21(32)23(9-10-23)15-6-7-17-18(12-15)35-24(25,26)34-17;16-12-7-2-1-6-11(12)14-19-13(20-23-14)9-4-3-5-10(8-9)21(18)15(17)22;1-2/h2-8,11-12H,9-10,28H2,1H3,(H2,27,33)(H,29,30,32);1-8H,18H2,(H2,17,22);1-2H3. The molecule has 6 aromatic rings. The molecule has 1 saturated carbocycles. The van der Waals surface area contributed by atoms with Gasteiger partial charge in [-0.15, -0.1) is 8.78 Å². The molecule has 0 saturated heterocycles. The number of hydrogen-bond acceptors (Lipinski definition) is 11. The number of fused-ring (bicyclic) bond motifs is 1. The molecule has 19 heteroatoms. The maximum absolute atomic E-state index is 13.7. The monoisotopic (exact) mass is 824 g/mol. The number of amides is 5. The molecule has 1 aliphatic carbocycles. The summed E-state index contributed by atoms with van der Waals surface area (Å²) in [5, 5.41) is 8.28. The van der Waals surface area contributed by atoms with Crippen LogP contribution in [-0.4, -0.2) is 39.4 Å². The number of nitrogens with two attached hydrogens (primary N) is 4. The van der Waals surface area contributed by atoms with Gasteiger partial charge in [0.2, 0.25) is 11.7 Å². The summed E-state index contributed by atoms with van der Waals surface area (Å²) in [7, 11) is 0. The highest BCUT2D eigenvalue weighted by Crippen LogP contribution is 2.52. The topological polar surface area (TPSA) is 244 Å². The second kappa shape index (κ2) is 17.1. The van der Waals surface area contributed by atoms with E-state index >= 15 is 0 Å². The number of benzene rings is 4. The minimum absolute atomic E-state index is 0.0583. The van der Waals surface area contributed by atoms with Crippen LogP contribution in [0.4, 0.5) is 40.0 Å². The zero-order valence-electron chi connectivity index (χ0n) is 32.4. The van der Waals surface area contributed by atoms with Crippen LogP contribution in [0.2, 0.25) is 0 Å². The van der Waals surface area contributed by atoms with E-state index in [1.165, 1.54) is 24.3 Å². The summed E-state index contributed by atoms with van der Waals surface area (Å²) in [4.78, 5) is 44.5. The Labute approximate surface area is 340 Å². The summed E-state index contributed by atoms with van der Waals surface area (Å²) in [6.45, 7) is 5.86. The van der Waals surface area contributed by atoms with Gasteiger partial charge in [0, 0.05) is 11.1 Å². The van der Waals surface area contributed by atoms with Gasteiger partial charge in [0.1, 0.15) is 11.6 Å². The first-order chi connectivity index (χ1) is 28.6. The van der Waals surface area contributed by atoms with Gasteiger partial charge in [-0.05, 0) is 85.5 Å². The van der Waals surface area contributed by atoms with E-state index in [1.807, 2.05) is 20.8 Å². The fourth-order valence-electron chi connectivity index (χ4n) is 6.08. The van der Waals surface area contributed by atoms with Crippen molar-refractivity contribution >= 4 is 35.2 Å². The van der Waals surface area contributed by atoms with Crippen molar-refractivity contribution in [3.8, 4) is 45.6 Å². The normalized spacial score (nSPS) is 13.7. The molecule has 3 heterocycles. The number of nitrogens with zero attached hydrogens (tertiary/aromatic N) is 5. The Bertz CT molecular complexity index is 2570. The van der Waals surface area contributed by atoms with Gasteiger partial charge in [0.05, 0.1) is 28.0 Å². The Balaban J connectivity index is 0.000000209. The van der Waals surface area contributed by atoms with Gasteiger partial charge in [0.25, 0.3) is 5.89 Å². The quantitative estimate of drug-likeness (QED) is 0.0587. The maximum Gasteiger partial charge on any atom is 0.586 e. The van der Waals surface area contributed by atoms with Gasteiger partial charge in [-0.3, -0.25) is 4.79 Å². The maximum atomic E-state index is 13.7. The van der Waals surface area contributed by atoms with Crippen LogP contribution in [0.1, 0.15) is 37.8 Å². The third kappa shape index (κ3) is 8.96. The third-order valence-corrected chi connectivity index (χ3v) is 9.26. The number of aromatic nitrogens is 3. The molecule has 0 atom stereocenters. The number of hydrazine groups is 2. The predicted octanol–water partition coefficient (Wildman–Crippen LogP) is 7.14. The molecule has 2 aromatic heterocycles. The number of pyridine rings is 1. The SMILES string of the molecule is CC.Cc1ccc(NC(=O)C2(c3ccc4c(c3)OC(F)(F)O4)CC2)nc1-c1cccc(N(N)C(N)=O)c1.NC(=O)N(N)c1cccc(-c2noc(-c3ccccc3F)n2)c1. The molecule has 2 aliphatic rings. The Morgan fingerprint density at radius 3 is 2.00 bits per heavy atom. The number of urea groups is 2. The van der Waals surface area contributed by atoms with Gasteiger partial charge < -0.3 is 30.8 Å². The molecule has 8 rings (SSSR count). The van der Waals surface area contributed by atoms with Crippen molar-refractivity contribution in [1.82, 2.24) is 15.1 Å². The van der Waals surface area contributed by atoms with Crippen molar-refractivity contribution < 1.29 is 41.6 Å². The molecule has 60 heavy (non-hydrogen) atoms. The minimum atomic E-state index is -3.72. The van der Waals surface area contributed by atoms with Crippen molar-refractivity contribution in [2.24, 2.45) is 23.2 Å². The lowest BCUT2D eigenvalue weighted by atomic mass is 9.94. The smallest absolute Gasteiger partial charge is 0.395 e. The van der Waals surface area contributed by atoms with Gasteiger partial charge in [-0.2, -0.15) is 4.98 Å². The zero-order chi connectivity index (χ0) is 43.4. The van der Waals surface area contributed by atoms with Crippen LogP contribution in [0.5, 0.6) is 11.5 Å². The molecular weight excluding hydrogens is 786 g/mol. The second-order valence-electron chi connectivity index (χ2n) is 13.1. The fourth-order valence-corrected chi connectivity index (χ4v) is 6.08. The highest BCUT2D eigenvalue weighted by atomic mass is 19.3. The van der Waals surface area contributed by atoms with Crippen molar-refractivity contribution in [1.29, 1.82) is 0 Å². The van der Waals surface area contributed by atoms with Crippen molar-refractivity contribution in [3.05, 3.63) is 120 Å². The summed E-state index contributed by atoms with van der Waals surface area (Å²) in [5.41, 5.74) is 13.7. The summed E-state index contributed by atoms with van der Waals surface area (Å²) in [6.07, 6.45) is -2.62. The molecule has 1 aliphatic heterocycles.